The minimum Gasteiger partial charge on any atom is -0.488 e. The largest absolute Gasteiger partial charge is 0.488 e. The van der Waals surface area contributed by atoms with Crippen LogP contribution >= 0.6 is 11.3 Å². The molecule has 0 radical (unpaired) electrons. The molecule has 2 aromatic heterocycles. The van der Waals surface area contributed by atoms with Crippen LogP contribution in [0.2, 0.25) is 0 Å². The second kappa shape index (κ2) is 10.3. The lowest BCUT2D eigenvalue weighted by molar-refractivity contribution is 0.0990. The normalized spacial score (nSPS) is 12.1. The number of H-pyrrole nitrogens is 1. The molecule has 1 amide bonds. The lowest BCUT2D eigenvalue weighted by atomic mass is 10.1. The molecule has 0 fully saturated rings. The van der Waals surface area contributed by atoms with Gasteiger partial charge in [-0.05, 0) is 31.0 Å². The fourth-order valence-electron chi connectivity index (χ4n) is 4.15. The maximum absolute atomic E-state index is 13.8. The quantitative estimate of drug-likeness (QED) is 0.440. The van der Waals surface area contributed by atoms with E-state index in [4.69, 9.17) is 10.5 Å². The van der Waals surface area contributed by atoms with Gasteiger partial charge < -0.3 is 10.5 Å². The molecule has 1 aliphatic rings. The lowest BCUT2D eigenvalue weighted by Gasteiger charge is -2.24. The van der Waals surface area contributed by atoms with Crippen LogP contribution in [0.25, 0.3) is 10.4 Å². The van der Waals surface area contributed by atoms with Gasteiger partial charge in [-0.3, -0.25) is 24.0 Å². The van der Waals surface area contributed by atoms with Crippen LogP contribution in [0.5, 0.6) is 5.75 Å². The number of aromatic nitrogens is 2. The third-order valence-electron chi connectivity index (χ3n) is 5.98. The van der Waals surface area contributed by atoms with Crippen molar-refractivity contribution in [2.24, 2.45) is 0 Å². The van der Waals surface area contributed by atoms with E-state index >= 15 is 0 Å². The first kappa shape index (κ1) is 23.8. The van der Waals surface area contributed by atoms with E-state index in [1.54, 1.807) is 0 Å². The molecule has 0 saturated carbocycles. The number of ether oxygens (including phenoxy) is 1. The molecular weight excluding hydrogens is 452 g/mol. The van der Waals surface area contributed by atoms with Gasteiger partial charge in [0.2, 0.25) is 0 Å². The highest BCUT2D eigenvalue weighted by Gasteiger charge is 2.29. The number of thiophene rings is 1. The third-order valence-corrected chi connectivity index (χ3v) is 7.18. The van der Waals surface area contributed by atoms with Gasteiger partial charge in [-0.2, -0.15) is 0 Å². The van der Waals surface area contributed by atoms with Crippen molar-refractivity contribution in [2.75, 3.05) is 17.2 Å². The van der Waals surface area contributed by atoms with Gasteiger partial charge >= 0.3 is 5.69 Å². The Morgan fingerprint density at radius 2 is 1.94 bits per heavy atom. The maximum atomic E-state index is 13.8. The molecule has 4 rings (SSSR count). The van der Waals surface area contributed by atoms with E-state index in [0.29, 0.717) is 31.0 Å². The highest BCUT2D eigenvalue weighted by atomic mass is 32.1. The highest BCUT2D eigenvalue weighted by Crippen LogP contribution is 2.42. The van der Waals surface area contributed by atoms with Gasteiger partial charge in [0.1, 0.15) is 18.2 Å². The van der Waals surface area contributed by atoms with E-state index in [9.17, 15) is 14.4 Å². The van der Waals surface area contributed by atoms with Crippen molar-refractivity contribution in [3.05, 3.63) is 61.6 Å². The molecule has 34 heavy (non-hydrogen) atoms. The predicted molar refractivity (Wildman–Crippen MR) is 136 cm³/mol. The number of carbonyl (C=O) groups is 1. The molecule has 3 aromatic rings. The van der Waals surface area contributed by atoms with Crippen molar-refractivity contribution in [3.63, 3.8) is 0 Å². The number of hydrogen-bond acceptors (Lipinski definition) is 6. The summed E-state index contributed by atoms with van der Waals surface area (Å²) in [4.78, 5) is 44.4. The summed E-state index contributed by atoms with van der Waals surface area (Å²) >= 11 is 1.39. The number of rotatable bonds is 9. The van der Waals surface area contributed by atoms with E-state index in [0.717, 1.165) is 47.4 Å². The van der Waals surface area contributed by atoms with Gasteiger partial charge in [0.25, 0.3) is 11.5 Å². The highest BCUT2D eigenvalue weighted by molar-refractivity contribution is 7.17. The summed E-state index contributed by atoms with van der Waals surface area (Å²) < 4.78 is 7.19. The Morgan fingerprint density at radius 1 is 1.18 bits per heavy atom. The number of unbranched alkanes of at least 4 members (excludes halogenated alkanes) is 3. The molecule has 0 bridgehead atoms. The Kier molecular flexibility index (Phi) is 7.21. The monoisotopic (exact) mass is 482 g/mol. The third kappa shape index (κ3) is 4.52. The van der Waals surface area contributed by atoms with Crippen LogP contribution in [0.4, 0.5) is 11.5 Å². The van der Waals surface area contributed by atoms with Crippen LogP contribution in [0, 0.1) is 0 Å². The minimum atomic E-state index is -0.643. The molecule has 0 saturated heterocycles. The van der Waals surface area contributed by atoms with Gasteiger partial charge in [-0.25, -0.2) is 4.79 Å². The van der Waals surface area contributed by atoms with Crippen molar-refractivity contribution in [2.45, 2.75) is 59.1 Å². The molecule has 3 N–H and O–H groups in total. The number of hydrogen-bond donors (Lipinski definition) is 2. The van der Waals surface area contributed by atoms with Crippen LogP contribution in [-0.4, -0.2) is 22.0 Å². The summed E-state index contributed by atoms with van der Waals surface area (Å²) in [7, 11) is 0. The number of amides is 1. The van der Waals surface area contributed by atoms with Gasteiger partial charge in [-0.15, -0.1) is 11.3 Å². The first-order chi connectivity index (χ1) is 16.5. The van der Waals surface area contributed by atoms with E-state index in [1.165, 1.54) is 20.8 Å². The molecule has 0 unspecified atom stereocenters. The predicted octanol–water partition coefficient (Wildman–Crippen LogP) is 4.38. The Hall–Kier alpha value is -3.33. The first-order valence-electron chi connectivity index (χ1n) is 11.8. The van der Waals surface area contributed by atoms with Crippen molar-refractivity contribution >= 4 is 28.7 Å². The Bertz CT molecular complexity index is 1310. The zero-order valence-electron chi connectivity index (χ0n) is 19.6. The summed E-state index contributed by atoms with van der Waals surface area (Å²) in [5, 5.41) is 0. The molecule has 1 aliphatic heterocycles. The molecule has 8 nitrogen and oxygen atoms in total. The van der Waals surface area contributed by atoms with Crippen LogP contribution in [0.15, 0.2) is 39.9 Å². The molecule has 0 spiro atoms. The fraction of sp³-hybridized carbons (Fsp3) is 0.400. The lowest BCUT2D eigenvalue weighted by Crippen LogP contribution is -2.41. The summed E-state index contributed by atoms with van der Waals surface area (Å²) in [6.45, 7) is 5.18. The summed E-state index contributed by atoms with van der Waals surface area (Å²) in [5.41, 5.74) is 7.08. The second-order valence-electron chi connectivity index (χ2n) is 8.41. The van der Waals surface area contributed by atoms with E-state index in [1.807, 2.05) is 37.3 Å². The molecule has 3 heterocycles. The van der Waals surface area contributed by atoms with Crippen LogP contribution in [0.1, 0.15) is 61.2 Å². The molecular formula is C25H30N4O4S. The Balaban J connectivity index is 1.77. The van der Waals surface area contributed by atoms with Gasteiger partial charge in [-0.1, -0.05) is 45.2 Å². The zero-order chi connectivity index (χ0) is 24.2. The van der Waals surface area contributed by atoms with E-state index in [-0.39, 0.29) is 17.4 Å². The number of nitrogen functional groups attached to an aromatic ring is 1. The number of benzene rings is 1. The Labute approximate surface area is 202 Å². The fourth-order valence-corrected chi connectivity index (χ4v) is 5.30. The van der Waals surface area contributed by atoms with E-state index in [2.05, 4.69) is 11.9 Å². The number of anilines is 2. The number of fused-ring (bicyclic) bond motifs is 3. The van der Waals surface area contributed by atoms with Gasteiger partial charge in [0.05, 0.1) is 4.88 Å². The number of nitrogens with one attached hydrogen (secondary N) is 1. The summed E-state index contributed by atoms with van der Waals surface area (Å²) in [5.74, 6) is 0.521. The Morgan fingerprint density at radius 3 is 2.71 bits per heavy atom. The second-order valence-corrected chi connectivity index (χ2v) is 9.46. The van der Waals surface area contributed by atoms with Crippen molar-refractivity contribution < 1.29 is 9.53 Å². The number of nitrogens with two attached hydrogens (primary N) is 1. The molecule has 9 heteroatoms. The van der Waals surface area contributed by atoms with Crippen molar-refractivity contribution in [1.82, 2.24) is 9.55 Å². The van der Waals surface area contributed by atoms with Crippen LogP contribution in [0.3, 0.4) is 0 Å². The van der Waals surface area contributed by atoms with E-state index < -0.39 is 11.2 Å². The molecule has 1 aromatic carbocycles. The number of nitrogens with zero attached hydrogens (tertiary/aromatic N) is 2. The molecule has 180 valence electrons. The van der Waals surface area contributed by atoms with Gasteiger partial charge in [0, 0.05) is 29.1 Å². The van der Waals surface area contributed by atoms with Crippen LogP contribution in [-0.2, 0) is 13.2 Å². The number of para-hydroxylation sites is 1. The standard InChI is InChI=1S/C25H30N4O4S/c1-3-5-9-13-28(20-22(26)29(12-6-4-2)25(32)27-23(20)30)24(31)19-14-16-15-33-18-11-8-7-10-17(18)21(16)34-19/h7-8,10-11,14H,3-6,9,12-13,15,26H2,1-2H3,(H,27,30,32). The van der Waals surface area contributed by atoms with Gasteiger partial charge in [0.15, 0.2) is 5.69 Å². The number of aromatic amines is 1. The molecule has 0 aliphatic carbocycles. The van der Waals surface area contributed by atoms with Crippen LogP contribution < -0.4 is 26.6 Å². The SMILES string of the molecule is CCCCCN(C(=O)c1cc2c(s1)-c1ccccc1OC2)c1c(N)n(CCCC)c(=O)[nH]c1=O. The summed E-state index contributed by atoms with van der Waals surface area (Å²) in [6.07, 6.45) is 4.18. The summed E-state index contributed by atoms with van der Waals surface area (Å²) in [6, 6.07) is 9.58. The zero-order valence-corrected chi connectivity index (χ0v) is 20.4. The average Bonchev–Trinajstić information content (AvgIpc) is 3.27. The molecule has 0 atom stereocenters. The topological polar surface area (TPSA) is 110 Å². The maximum Gasteiger partial charge on any atom is 0.330 e. The smallest absolute Gasteiger partial charge is 0.330 e. The first-order valence-corrected chi connectivity index (χ1v) is 12.6. The number of carbonyl (C=O) groups excluding carboxylic acids is 1. The minimum absolute atomic E-state index is 0.0297. The average molecular weight is 483 g/mol. The van der Waals surface area contributed by atoms with Crippen molar-refractivity contribution in [1.29, 1.82) is 0 Å². The van der Waals surface area contributed by atoms with Crippen molar-refractivity contribution in [3.8, 4) is 16.2 Å².